The van der Waals surface area contributed by atoms with Gasteiger partial charge in [0.15, 0.2) is 0 Å². The van der Waals surface area contributed by atoms with Gasteiger partial charge in [-0.2, -0.15) is 0 Å². The number of allylic oxidation sites excluding steroid dienone is 1. The van der Waals surface area contributed by atoms with E-state index < -0.39 is 0 Å². The van der Waals surface area contributed by atoms with Crippen LogP contribution in [0.3, 0.4) is 0 Å². The van der Waals surface area contributed by atoms with E-state index in [1.165, 1.54) is 0 Å². The first kappa shape index (κ1) is 9.63. The Balaban J connectivity index is 2.89. The Bertz CT molecular complexity index is 290. The second kappa shape index (κ2) is 4.54. The first-order chi connectivity index (χ1) is 5.72. The second-order valence-electron chi connectivity index (χ2n) is 2.68. The Morgan fingerprint density at radius 1 is 1.50 bits per heavy atom. The van der Waals surface area contributed by atoms with E-state index in [0.717, 1.165) is 16.2 Å². The fourth-order valence-electron chi connectivity index (χ4n) is 0.919. The molecular weight excluding hydrogens is 191 g/mol. The van der Waals surface area contributed by atoms with Gasteiger partial charge in [-0.3, -0.25) is 0 Å². The minimum absolute atomic E-state index is 0.562. The van der Waals surface area contributed by atoms with Crippen LogP contribution in [0.25, 0.3) is 6.08 Å². The summed E-state index contributed by atoms with van der Waals surface area (Å²) in [5, 5.41) is 0.756. The van der Waals surface area contributed by atoms with Gasteiger partial charge in [-0.25, -0.2) is 0 Å². The zero-order chi connectivity index (χ0) is 8.97. The van der Waals surface area contributed by atoms with Crippen LogP contribution in [0.1, 0.15) is 12.5 Å². The molecule has 0 aliphatic heterocycles. The Labute approximate surface area is 82.8 Å². The summed E-state index contributed by atoms with van der Waals surface area (Å²) in [6.45, 7) is 1.99. The molecule has 0 aliphatic rings. The molecule has 64 valence electrons. The molecule has 0 N–H and O–H groups in total. The molecule has 1 rings (SSSR count). The van der Waals surface area contributed by atoms with E-state index in [9.17, 15) is 0 Å². The molecule has 0 fully saturated rings. The maximum Gasteiger partial charge on any atom is 0.0434 e. The third-order valence-electron chi connectivity index (χ3n) is 1.47. The lowest BCUT2D eigenvalue weighted by Gasteiger charge is -1.96. The van der Waals surface area contributed by atoms with Crippen molar-refractivity contribution < 1.29 is 0 Å². The summed E-state index contributed by atoms with van der Waals surface area (Å²) >= 11 is 11.4. The summed E-state index contributed by atoms with van der Waals surface area (Å²) in [6, 6.07) is 7.70. The van der Waals surface area contributed by atoms with Crippen molar-refractivity contribution >= 4 is 29.3 Å². The number of hydrogen-bond acceptors (Lipinski definition) is 0. The molecule has 0 aromatic heterocycles. The van der Waals surface area contributed by atoms with Crippen LogP contribution < -0.4 is 0 Å². The highest BCUT2D eigenvalue weighted by Gasteiger charge is 1.90. The standard InChI is InChI=1S/C10H10Cl2/c1-8(7-11)5-9-3-2-4-10(12)6-9/h2-6H,7H2,1H3. The Kier molecular flexibility index (Phi) is 3.64. The van der Waals surface area contributed by atoms with Gasteiger partial charge >= 0.3 is 0 Å². The maximum atomic E-state index is 5.81. The second-order valence-corrected chi connectivity index (χ2v) is 3.38. The summed E-state index contributed by atoms with van der Waals surface area (Å²) < 4.78 is 0. The van der Waals surface area contributed by atoms with Crippen molar-refractivity contribution in [3.63, 3.8) is 0 Å². The SMILES string of the molecule is CC(=Cc1cccc(Cl)c1)CCl. The van der Waals surface area contributed by atoms with Crippen LogP contribution in [-0.4, -0.2) is 5.88 Å². The molecule has 0 atom stereocenters. The quantitative estimate of drug-likeness (QED) is 0.634. The largest absolute Gasteiger partial charge is 0.122 e. The minimum atomic E-state index is 0.562. The van der Waals surface area contributed by atoms with Gasteiger partial charge in [0.2, 0.25) is 0 Å². The minimum Gasteiger partial charge on any atom is -0.122 e. The van der Waals surface area contributed by atoms with Gasteiger partial charge in [-0.05, 0) is 24.6 Å². The molecule has 0 aliphatic carbocycles. The van der Waals surface area contributed by atoms with Gasteiger partial charge in [0, 0.05) is 10.9 Å². The number of alkyl halides is 1. The lowest BCUT2D eigenvalue weighted by molar-refractivity contribution is 1.43. The van der Waals surface area contributed by atoms with E-state index >= 15 is 0 Å². The molecular formula is C10H10Cl2. The molecule has 0 amide bonds. The summed E-state index contributed by atoms with van der Waals surface area (Å²) in [5.41, 5.74) is 2.24. The molecule has 1 aromatic carbocycles. The molecule has 1 aromatic rings. The number of benzene rings is 1. The van der Waals surface area contributed by atoms with Crippen molar-refractivity contribution in [2.75, 3.05) is 5.88 Å². The molecule has 0 unspecified atom stereocenters. The fraction of sp³-hybridized carbons (Fsp3) is 0.200. The predicted molar refractivity (Wildman–Crippen MR) is 55.8 cm³/mol. The number of halogens is 2. The zero-order valence-electron chi connectivity index (χ0n) is 6.85. The van der Waals surface area contributed by atoms with Crippen LogP contribution in [0.4, 0.5) is 0 Å². The van der Waals surface area contributed by atoms with E-state index in [0.29, 0.717) is 5.88 Å². The average Bonchev–Trinajstić information content (AvgIpc) is 2.04. The summed E-state index contributed by atoms with van der Waals surface area (Å²) in [5.74, 6) is 0.562. The van der Waals surface area contributed by atoms with E-state index in [-0.39, 0.29) is 0 Å². The van der Waals surface area contributed by atoms with Gasteiger partial charge in [0.05, 0.1) is 0 Å². The van der Waals surface area contributed by atoms with Gasteiger partial charge in [0.1, 0.15) is 0 Å². The first-order valence-electron chi connectivity index (χ1n) is 3.71. The molecule has 2 heteroatoms. The average molecular weight is 201 g/mol. The number of rotatable bonds is 2. The van der Waals surface area contributed by atoms with Crippen molar-refractivity contribution in [1.82, 2.24) is 0 Å². The van der Waals surface area contributed by atoms with Crippen molar-refractivity contribution in [3.05, 3.63) is 40.4 Å². The fourth-order valence-corrected chi connectivity index (χ4v) is 1.20. The van der Waals surface area contributed by atoms with E-state index in [1.807, 2.05) is 37.3 Å². The molecule has 0 heterocycles. The summed E-state index contributed by atoms with van der Waals surface area (Å²) in [4.78, 5) is 0. The summed E-state index contributed by atoms with van der Waals surface area (Å²) in [6.07, 6.45) is 2.03. The molecule has 0 spiro atoms. The monoisotopic (exact) mass is 200 g/mol. The third kappa shape index (κ3) is 2.88. The predicted octanol–water partition coefficient (Wildman–Crippen LogP) is 3.98. The van der Waals surface area contributed by atoms with E-state index in [1.54, 1.807) is 0 Å². The molecule has 0 saturated heterocycles. The smallest absolute Gasteiger partial charge is 0.0434 e. The highest BCUT2D eigenvalue weighted by molar-refractivity contribution is 6.30. The topological polar surface area (TPSA) is 0 Å². The van der Waals surface area contributed by atoms with Gasteiger partial charge < -0.3 is 0 Å². The third-order valence-corrected chi connectivity index (χ3v) is 2.13. The van der Waals surface area contributed by atoms with Gasteiger partial charge in [-0.15, -0.1) is 11.6 Å². The highest BCUT2D eigenvalue weighted by Crippen LogP contribution is 2.13. The van der Waals surface area contributed by atoms with E-state index in [4.69, 9.17) is 23.2 Å². The number of hydrogen-bond donors (Lipinski definition) is 0. The van der Waals surface area contributed by atoms with E-state index in [2.05, 4.69) is 0 Å². The van der Waals surface area contributed by atoms with Gasteiger partial charge in [-0.1, -0.05) is 35.4 Å². The Morgan fingerprint density at radius 3 is 2.83 bits per heavy atom. The van der Waals surface area contributed by atoms with Crippen molar-refractivity contribution in [1.29, 1.82) is 0 Å². The van der Waals surface area contributed by atoms with Crippen LogP contribution in [0.15, 0.2) is 29.8 Å². The molecule has 0 saturated carbocycles. The lowest BCUT2D eigenvalue weighted by atomic mass is 10.1. The van der Waals surface area contributed by atoms with Crippen molar-refractivity contribution in [2.24, 2.45) is 0 Å². The maximum absolute atomic E-state index is 5.81. The first-order valence-corrected chi connectivity index (χ1v) is 4.62. The summed E-state index contributed by atoms with van der Waals surface area (Å²) in [7, 11) is 0. The molecule has 0 nitrogen and oxygen atoms in total. The van der Waals surface area contributed by atoms with Crippen LogP contribution in [0.5, 0.6) is 0 Å². The Hall–Kier alpha value is -0.460. The van der Waals surface area contributed by atoms with Crippen molar-refractivity contribution in [3.8, 4) is 0 Å². The molecule has 12 heavy (non-hydrogen) atoms. The highest BCUT2D eigenvalue weighted by atomic mass is 35.5. The van der Waals surface area contributed by atoms with Crippen LogP contribution >= 0.6 is 23.2 Å². The van der Waals surface area contributed by atoms with Crippen LogP contribution in [0.2, 0.25) is 5.02 Å². The normalized spacial score (nSPS) is 11.8. The van der Waals surface area contributed by atoms with Crippen LogP contribution in [0, 0.1) is 0 Å². The Morgan fingerprint density at radius 2 is 2.25 bits per heavy atom. The lowest BCUT2D eigenvalue weighted by Crippen LogP contribution is -1.77. The van der Waals surface area contributed by atoms with Gasteiger partial charge in [0.25, 0.3) is 0 Å². The molecule has 0 radical (unpaired) electrons. The molecule has 0 bridgehead atoms. The van der Waals surface area contributed by atoms with Crippen molar-refractivity contribution in [2.45, 2.75) is 6.92 Å². The zero-order valence-corrected chi connectivity index (χ0v) is 8.36. The van der Waals surface area contributed by atoms with Crippen LogP contribution in [-0.2, 0) is 0 Å².